The van der Waals surface area contributed by atoms with E-state index in [2.05, 4.69) is 58.0 Å². The number of carbonyl (C=O) groups excluding carboxylic acids is 11. The molecule has 3 aliphatic heterocycles. The number of halogens is 1. The number of nitrogens with zero attached hydrogens (tertiary/aromatic N) is 2. The molecule has 0 spiro atoms. The third-order valence-corrected chi connectivity index (χ3v) is 22.8. The van der Waals surface area contributed by atoms with Crippen molar-refractivity contribution >= 4 is 93.7 Å². The van der Waals surface area contributed by atoms with E-state index in [1.807, 2.05) is 20.1 Å². The number of phenols is 1. The second-order valence-corrected chi connectivity index (χ2v) is 33.3. The highest BCUT2D eigenvalue weighted by Crippen LogP contribution is 2.32. The van der Waals surface area contributed by atoms with Crippen LogP contribution in [0.15, 0.2) is 78.9 Å². The van der Waals surface area contributed by atoms with Crippen molar-refractivity contribution in [3.8, 4) is 5.75 Å². The molecule has 634 valence electrons. The maximum atomic E-state index is 15.2. The molecule has 0 aromatic heterocycles. The first-order valence-electron chi connectivity index (χ1n) is 40.5. The minimum Gasteiger partial charge on any atom is -0.508 e. The first-order valence-corrected chi connectivity index (χ1v) is 42.3. The summed E-state index contributed by atoms with van der Waals surface area (Å²) in [6, 6.07) is 11.6. The number of aliphatic hydroxyl groups excluding tert-OH is 7. The SMILES string of the molecule is CC[C@H](C)C[C@H](C)CCCCCCCCC(=O)C[C@H]1C[C@@H](O)[C@@H](NCCNC(=O)C(CC(=O)C(CC(C)C)NC(=O)C(CCSC)CC(=O)Nc2ccc(Cl)cc2)Cc2ccccc2)NC(=O)[C@@H]2[C@@H](O)CCN2C(=O)[C@H]([C@H](O)CCN)NC(=O)[C@H]([C@H](O)[C@@H](O)c2ccc(O)cc2)CC(=O)[C@@H]2C[C@@H](O)CN2C(=O)[C@H]([C@@H](C)O)NC1=O. The number of aliphatic hydroxyl groups is 7. The number of ketones is 3. The largest absolute Gasteiger partial charge is 0.508 e. The number of aromatic hydroxyl groups is 1. The van der Waals surface area contributed by atoms with Gasteiger partial charge < -0.3 is 88.3 Å². The number of rotatable bonds is 41. The van der Waals surface area contributed by atoms with Gasteiger partial charge in [-0.25, -0.2) is 0 Å². The van der Waals surface area contributed by atoms with Gasteiger partial charge in [0.05, 0.1) is 54.6 Å². The van der Waals surface area contributed by atoms with E-state index in [4.69, 9.17) is 17.3 Å². The summed E-state index contributed by atoms with van der Waals surface area (Å²) in [4.78, 5) is 163. The maximum absolute atomic E-state index is 15.2. The molecule has 17 N–H and O–H groups in total. The van der Waals surface area contributed by atoms with Crippen molar-refractivity contribution in [1.82, 2.24) is 41.7 Å². The lowest BCUT2D eigenvalue weighted by atomic mass is 9.86. The van der Waals surface area contributed by atoms with Crippen molar-refractivity contribution < 1.29 is 93.6 Å². The zero-order valence-electron chi connectivity index (χ0n) is 67.0. The van der Waals surface area contributed by atoms with E-state index in [0.29, 0.717) is 53.1 Å². The number of Topliss-reactive ketones (excluding diaryl/α,β-unsaturated/α-hetero) is 3. The molecular formula is C83H125ClN10O19S. The lowest BCUT2D eigenvalue weighted by Gasteiger charge is -2.34. The van der Waals surface area contributed by atoms with Crippen LogP contribution in [0.2, 0.25) is 5.02 Å². The van der Waals surface area contributed by atoms with E-state index in [1.165, 1.54) is 36.0 Å². The molecule has 19 atom stereocenters. The van der Waals surface area contributed by atoms with E-state index in [1.54, 1.807) is 54.6 Å². The molecule has 3 unspecified atom stereocenters. The fourth-order valence-electron chi connectivity index (χ4n) is 15.2. The van der Waals surface area contributed by atoms with E-state index in [-0.39, 0.29) is 81.8 Å². The predicted octanol–water partition coefficient (Wildman–Crippen LogP) is 4.43. The zero-order valence-corrected chi connectivity index (χ0v) is 68.5. The second kappa shape index (κ2) is 48.3. The van der Waals surface area contributed by atoms with Gasteiger partial charge in [0, 0.05) is 93.2 Å². The number of anilines is 1. The summed E-state index contributed by atoms with van der Waals surface area (Å²) in [7, 11) is 0. The van der Waals surface area contributed by atoms with E-state index < -0.39 is 206 Å². The summed E-state index contributed by atoms with van der Waals surface area (Å²) in [6.07, 6.45) is -7.72. The molecule has 0 bridgehead atoms. The van der Waals surface area contributed by atoms with Gasteiger partial charge in [-0.3, -0.25) is 58.1 Å². The molecule has 8 amide bonds. The second-order valence-electron chi connectivity index (χ2n) is 31.9. The van der Waals surface area contributed by atoms with Crippen molar-refractivity contribution in [2.75, 3.05) is 50.0 Å². The van der Waals surface area contributed by atoms with E-state index in [0.717, 1.165) is 61.7 Å². The molecule has 31 heteroatoms. The molecule has 3 heterocycles. The molecule has 3 saturated heterocycles. The zero-order chi connectivity index (χ0) is 83.9. The summed E-state index contributed by atoms with van der Waals surface area (Å²) in [5.74, 6) is -13.3. The molecule has 0 radical (unpaired) electrons. The normalized spacial score (nSPS) is 23.9. The van der Waals surface area contributed by atoms with Crippen molar-refractivity contribution in [2.45, 2.75) is 255 Å². The van der Waals surface area contributed by atoms with Crippen molar-refractivity contribution in [1.29, 1.82) is 0 Å². The number of benzene rings is 3. The lowest BCUT2D eigenvalue weighted by molar-refractivity contribution is -0.149. The van der Waals surface area contributed by atoms with Crippen molar-refractivity contribution in [3.63, 3.8) is 0 Å². The van der Waals surface area contributed by atoms with Crippen LogP contribution in [0.4, 0.5) is 5.69 Å². The number of unbranched alkanes of at least 4 members (excludes halogenated alkanes) is 5. The number of nitrogens with two attached hydrogens (primary N) is 1. The van der Waals surface area contributed by atoms with Gasteiger partial charge in [0.25, 0.3) is 0 Å². The van der Waals surface area contributed by atoms with E-state index in [9.17, 15) is 79.2 Å². The summed E-state index contributed by atoms with van der Waals surface area (Å²) in [6.45, 7) is 9.79. The average Bonchev–Trinajstić information content (AvgIpc) is 1.61. The van der Waals surface area contributed by atoms with Gasteiger partial charge >= 0.3 is 0 Å². The quantitative estimate of drug-likeness (QED) is 0.0349. The Balaban J connectivity index is 1.35. The monoisotopic (exact) mass is 1630 g/mol. The standard InChI is InChI=1S/C83H125ClN10O19S/c1-8-49(4)39-50(5)18-14-11-9-10-12-17-21-60(97)41-56-43-69(103)76(86-34-35-87-77(107)55(40-52-19-15-13-16-20-52)42-67(101)63(38-48(2)3)89-78(108)54(32-37-114-7)44-70(104)88-58-26-24-57(84)25-27-58)92-81(111)73-66(100)31-36-93(73)83(113)72(65(99)30-33-85)91-80(110)62(75(106)74(105)53-22-28-59(96)29-23-53)46-68(102)64-45-61(98)47-94(64)82(112)71(51(6)95)90-79(56)109/h13,15-16,19-20,22-29,48-51,54-56,61-66,69,71-76,86,95-96,98-100,103,105-106H,8-12,14,17-18,21,30-47,85H2,1-7H3,(H,87,107)(H,88,104)(H,89,108)(H,90,109)(H,91,110)(H,92,111)/t49-,50+,51+,54?,55?,56-,61+,62-,63?,64-,65+,66-,69+,71-,72-,73-,74-,75-,76-/m0/s1. The molecule has 3 aliphatic rings. The maximum Gasteiger partial charge on any atom is 0.248 e. The van der Waals surface area contributed by atoms with Crippen LogP contribution >= 0.6 is 23.4 Å². The van der Waals surface area contributed by atoms with Crippen molar-refractivity contribution in [3.05, 3.63) is 95.0 Å². The molecule has 3 aromatic rings. The summed E-state index contributed by atoms with van der Waals surface area (Å²) in [5, 5.41) is 112. The van der Waals surface area contributed by atoms with Gasteiger partial charge in [-0.1, -0.05) is 134 Å². The molecule has 0 aliphatic carbocycles. The molecule has 3 aromatic carbocycles. The Morgan fingerprint density at radius 3 is 2.00 bits per heavy atom. The minimum absolute atomic E-state index is 0.00316. The third kappa shape index (κ3) is 30.2. The van der Waals surface area contributed by atoms with Gasteiger partial charge in [0.2, 0.25) is 47.3 Å². The number of hydrogen-bond acceptors (Lipinski definition) is 22. The lowest BCUT2D eigenvalue weighted by Crippen LogP contribution is -2.63. The van der Waals surface area contributed by atoms with Crippen LogP contribution < -0.4 is 43.0 Å². The average molecular weight is 1630 g/mol. The van der Waals surface area contributed by atoms with Gasteiger partial charge in [0.1, 0.15) is 41.9 Å². The highest BCUT2D eigenvalue weighted by Gasteiger charge is 2.49. The van der Waals surface area contributed by atoms with Crippen LogP contribution in [0.1, 0.15) is 187 Å². The molecule has 0 saturated carbocycles. The molecule has 6 rings (SSSR count). The Labute approximate surface area is 679 Å². The fourth-order valence-corrected chi connectivity index (χ4v) is 15.9. The molecule has 114 heavy (non-hydrogen) atoms. The molecular weight excluding hydrogens is 1510 g/mol. The Morgan fingerprint density at radius 1 is 0.693 bits per heavy atom. The predicted molar refractivity (Wildman–Crippen MR) is 432 cm³/mol. The van der Waals surface area contributed by atoms with Gasteiger partial charge in [-0.05, 0) is 142 Å². The molecule has 29 nitrogen and oxygen atoms in total. The highest BCUT2D eigenvalue weighted by molar-refractivity contribution is 7.98. The van der Waals surface area contributed by atoms with Gasteiger partial charge in [-0.15, -0.1) is 0 Å². The van der Waals surface area contributed by atoms with Crippen molar-refractivity contribution in [2.24, 2.45) is 47.2 Å². The van der Waals surface area contributed by atoms with Crippen LogP contribution in [0, 0.1) is 41.4 Å². The Morgan fingerprint density at radius 2 is 1.35 bits per heavy atom. The fraction of sp³-hybridized carbons (Fsp3) is 0.651. The van der Waals surface area contributed by atoms with Crippen LogP contribution in [0.5, 0.6) is 5.75 Å². The topological polar surface area (TPSA) is 466 Å². The first kappa shape index (κ1) is 95.4. The van der Waals surface area contributed by atoms with Crippen LogP contribution in [-0.4, -0.2) is 233 Å². The van der Waals surface area contributed by atoms with E-state index >= 15 is 14.4 Å². The van der Waals surface area contributed by atoms with Crippen LogP contribution in [-0.2, 0) is 59.2 Å². The number of carbonyl (C=O) groups is 11. The smallest absolute Gasteiger partial charge is 0.248 e. The Hall–Kier alpha value is -7.49. The first-order chi connectivity index (χ1) is 54.2. The van der Waals surface area contributed by atoms with Gasteiger partial charge in [0.15, 0.2) is 11.6 Å². The summed E-state index contributed by atoms with van der Waals surface area (Å²) >= 11 is 7.55. The third-order valence-electron chi connectivity index (χ3n) is 21.9. The number of amides is 8. The number of phenolic OH excluding ortho intramolecular Hbond substituents is 1. The summed E-state index contributed by atoms with van der Waals surface area (Å²) < 4.78 is 0. The number of hydrogen-bond donors (Lipinski definition) is 16. The number of nitrogens with one attached hydrogen (secondary N) is 7. The van der Waals surface area contributed by atoms with Crippen LogP contribution in [0.3, 0.4) is 0 Å². The summed E-state index contributed by atoms with van der Waals surface area (Å²) in [5.41, 5.74) is 7.01. The van der Waals surface area contributed by atoms with Gasteiger partial charge in [-0.2, -0.15) is 11.8 Å². The molecule has 3 fully saturated rings. The Bertz CT molecular complexity index is 3590. The number of thioether (sulfide) groups is 1. The van der Waals surface area contributed by atoms with Crippen LogP contribution in [0.25, 0.3) is 0 Å². The number of fused-ring (bicyclic) bond motifs is 2. The Kier molecular flexibility index (Phi) is 40.4. The highest BCUT2D eigenvalue weighted by atomic mass is 35.5. The minimum atomic E-state index is -2.24.